The topological polar surface area (TPSA) is 66.3 Å². The summed E-state index contributed by atoms with van der Waals surface area (Å²) in [6.45, 7) is 13.4. The Morgan fingerprint density at radius 1 is 1.20 bits per heavy atom. The van der Waals surface area contributed by atoms with E-state index in [-0.39, 0.29) is 16.7 Å². The van der Waals surface area contributed by atoms with Crippen molar-refractivity contribution < 1.29 is 14.6 Å². The third-order valence-electron chi connectivity index (χ3n) is 5.43. The number of benzene rings is 1. The van der Waals surface area contributed by atoms with Crippen LogP contribution in [0.4, 0.5) is 0 Å². The fourth-order valence-corrected chi connectivity index (χ4v) is 3.00. The highest BCUT2D eigenvalue weighted by molar-refractivity contribution is 5.82. The summed E-state index contributed by atoms with van der Waals surface area (Å²) >= 11 is 0. The van der Waals surface area contributed by atoms with Gasteiger partial charge in [0, 0.05) is 24.0 Å². The predicted octanol–water partition coefficient (Wildman–Crippen LogP) is 3.00. The monoisotopic (exact) mass is 349 g/mol. The van der Waals surface area contributed by atoms with Gasteiger partial charge in [0.15, 0.2) is 17.5 Å². The summed E-state index contributed by atoms with van der Waals surface area (Å²) in [5.74, 6) is 1.69. The molecule has 1 aliphatic rings. The van der Waals surface area contributed by atoms with E-state index in [0.29, 0.717) is 18.0 Å². The Hall–Kier alpha value is -2.11. The van der Waals surface area contributed by atoms with Crippen molar-refractivity contribution in [2.24, 2.45) is 10.4 Å². The molecule has 0 amide bonds. The Bertz CT molecular complexity index is 628. The first-order chi connectivity index (χ1) is 11.7. The highest BCUT2D eigenvalue weighted by Crippen LogP contribution is 2.46. The van der Waals surface area contributed by atoms with Gasteiger partial charge in [0.05, 0.1) is 20.8 Å². The number of aliphatic imine (C=N–C) groups is 1. The van der Waals surface area contributed by atoms with Crippen molar-refractivity contribution in [3.8, 4) is 17.2 Å². The van der Waals surface area contributed by atoms with E-state index in [1.165, 1.54) is 14.2 Å². The number of phenols is 1. The minimum atomic E-state index is 0.00950. The first-order valence-corrected chi connectivity index (χ1v) is 8.67. The van der Waals surface area contributed by atoms with Crippen molar-refractivity contribution in [2.45, 2.75) is 46.7 Å². The molecule has 2 rings (SSSR count). The molecule has 0 bridgehead atoms. The lowest BCUT2D eigenvalue weighted by atomic mass is 9.65. The Labute approximate surface area is 150 Å². The van der Waals surface area contributed by atoms with Gasteiger partial charge in [0.25, 0.3) is 0 Å². The molecule has 1 saturated heterocycles. The van der Waals surface area contributed by atoms with Crippen molar-refractivity contribution in [2.75, 3.05) is 27.3 Å². The number of methoxy groups -OCH3 is 2. The number of aromatic hydroxyl groups is 1. The fraction of sp³-hybridized carbons (Fsp3) is 0.632. The molecule has 0 unspecified atom stereocenters. The maximum Gasteiger partial charge on any atom is 0.200 e. The van der Waals surface area contributed by atoms with Gasteiger partial charge >= 0.3 is 0 Å². The van der Waals surface area contributed by atoms with Crippen LogP contribution in [-0.2, 0) is 6.54 Å². The zero-order valence-corrected chi connectivity index (χ0v) is 16.4. The van der Waals surface area contributed by atoms with Crippen LogP contribution in [0.5, 0.6) is 17.2 Å². The van der Waals surface area contributed by atoms with Gasteiger partial charge in [-0.1, -0.05) is 13.8 Å². The standard InChI is InChI=1S/C19H31N3O3/c1-8-20-17(22-12-18(2,3)19(22,4)5)21-11-13-9-14(24-6)16(23)15(10-13)25-7/h9-10,23H,8,11-12H2,1-7H3,(H,20,21). The molecule has 1 heterocycles. The molecule has 0 atom stereocenters. The Morgan fingerprint density at radius 3 is 2.16 bits per heavy atom. The lowest BCUT2D eigenvalue weighted by molar-refractivity contribution is -0.0667. The van der Waals surface area contributed by atoms with Gasteiger partial charge in [-0.05, 0) is 38.5 Å². The van der Waals surface area contributed by atoms with Crippen LogP contribution in [0, 0.1) is 5.41 Å². The molecule has 1 aliphatic heterocycles. The van der Waals surface area contributed by atoms with E-state index in [4.69, 9.17) is 14.5 Å². The molecular weight excluding hydrogens is 318 g/mol. The molecule has 6 nitrogen and oxygen atoms in total. The van der Waals surface area contributed by atoms with Crippen molar-refractivity contribution >= 4 is 5.96 Å². The van der Waals surface area contributed by atoms with E-state index in [1.807, 2.05) is 0 Å². The van der Waals surface area contributed by atoms with Crippen LogP contribution in [0.25, 0.3) is 0 Å². The van der Waals surface area contributed by atoms with Crippen LogP contribution in [0.3, 0.4) is 0 Å². The maximum absolute atomic E-state index is 10.0. The van der Waals surface area contributed by atoms with Crippen LogP contribution < -0.4 is 14.8 Å². The largest absolute Gasteiger partial charge is 0.502 e. The average Bonchev–Trinajstić information content (AvgIpc) is 2.57. The number of hydrogen-bond acceptors (Lipinski definition) is 4. The van der Waals surface area contributed by atoms with Gasteiger partial charge in [-0.15, -0.1) is 0 Å². The first kappa shape index (κ1) is 19.2. The van der Waals surface area contributed by atoms with Gasteiger partial charge in [0.1, 0.15) is 0 Å². The van der Waals surface area contributed by atoms with Crippen LogP contribution >= 0.6 is 0 Å². The zero-order chi connectivity index (χ0) is 18.8. The molecular formula is C19H31N3O3. The molecule has 140 valence electrons. The van der Waals surface area contributed by atoms with Crippen molar-refractivity contribution in [1.29, 1.82) is 0 Å². The number of guanidine groups is 1. The minimum Gasteiger partial charge on any atom is -0.502 e. The van der Waals surface area contributed by atoms with Gasteiger partial charge in [-0.25, -0.2) is 4.99 Å². The summed E-state index contributed by atoms with van der Waals surface area (Å²) in [4.78, 5) is 7.10. The summed E-state index contributed by atoms with van der Waals surface area (Å²) in [6, 6.07) is 3.58. The fourth-order valence-electron chi connectivity index (χ4n) is 3.00. The highest BCUT2D eigenvalue weighted by Gasteiger charge is 2.53. The number of ether oxygens (including phenoxy) is 2. The molecule has 1 aromatic rings. The first-order valence-electron chi connectivity index (χ1n) is 8.67. The van der Waals surface area contributed by atoms with Crippen molar-refractivity contribution in [3.05, 3.63) is 17.7 Å². The lowest BCUT2D eigenvalue weighted by Crippen LogP contribution is -2.72. The molecule has 0 saturated carbocycles. The van der Waals surface area contributed by atoms with E-state index in [2.05, 4.69) is 44.8 Å². The second-order valence-electron chi connectivity index (χ2n) is 7.55. The van der Waals surface area contributed by atoms with Crippen molar-refractivity contribution in [3.63, 3.8) is 0 Å². The van der Waals surface area contributed by atoms with Gasteiger partial charge in [-0.2, -0.15) is 0 Å². The van der Waals surface area contributed by atoms with E-state index in [1.54, 1.807) is 12.1 Å². The number of nitrogens with zero attached hydrogens (tertiary/aromatic N) is 2. The Kier molecular flexibility index (Phi) is 5.40. The molecule has 0 aliphatic carbocycles. The summed E-state index contributed by atoms with van der Waals surface area (Å²) in [7, 11) is 3.05. The summed E-state index contributed by atoms with van der Waals surface area (Å²) in [5, 5.41) is 13.4. The summed E-state index contributed by atoms with van der Waals surface area (Å²) < 4.78 is 10.4. The van der Waals surface area contributed by atoms with Crippen LogP contribution in [0.1, 0.15) is 40.2 Å². The molecule has 6 heteroatoms. The van der Waals surface area contributed by atoms with Gasteiger partial charge in [-0.3, -0.25) is 0 Å². The Morgan fingerprint density at radius 2 is 1.76 bits per heavy atom. The number of hydrogen-bond donors (Lipinski definition) is 2. The van der Waals surface area contributed by atoms with E-state index >= 15 is 0 Å². The molecule has 0 radical (unpaired) electrons. The lowest BCUT2D eigenvalue weighted by Gasteiger charge is -2.62. The van der Waals surface area contributed by atoms with Crippen molar-refractivity contribution in [1.82, 2.24) is 10.2 Å². The molecule has 0 aromatic heterocycles. The number of rotatable bonds is 5. The molecule has 2 N–H and O–H groups in total. The minimum absolute atomic E-state index is 0.00950. The zero-order valence-electron chi connectivity index (χ0n) is 16.4. The van der Waals surface area contributed by atoms with E-state index < -0.39 is 0 Å². The second kappa shape index (κ2) is 7.02. The maximum atomic E-state index is 10.0. The third-order valence-corrected chi connectivity index (χ3v) is 5.43. The van der Waals surface area contributed by atoms with Gasteiger partial charge in [0.2, 0.25) is 5.75 Å². The quantitative estimate of drug-likeness (QED) is 0.632. The number of likely N-dealkylation sites (tertiary alicyclic amines) is 1. The van der Waals surface area contributed by atoms with E-state index in [9.17, 15) is 5.11 Å². The van der Waals surface area contributed by atoms with Gasteiger partial charge < -0.3 is 24.8 Å². The highest BCUT2D eigenvalue weighted by atomic mass is 16.5. The Balaban J connectivity index is 2.26. The molecule has 1 fully saturated rings. The average molecular weight is 349 g/mol. The smallest absolute Gasteiger partial charge is 0.200 e. The summed E-state index contributed by atoms with van der Waals surface area (Å²) in [5.41, 5.74) is 1.20. The molecule has 25 heavy (non-hydrogen) atoms. The number of phenolic OH excluding ortho intramolecular Hbond substituents is 1. The van der Waals surface area contributed by atoms with Crippen LogP contribution in [0.15, 0.2) is 17.1 Å². The van der Waals surface area contributed by atoms with Crippen LogP contribution in [0.2, 0.25) is 0 Å². The molecule has 0 spiro atoms. The normalized spacial score (nSPS) is 18.5. The third kappa shape index (κ3) is 3.48. The second-order valence-corrected chi connectivity index (χ2v) is 7.55. The SMILES string of the molecule is CCNC(=NCc1cc(OC)c(O)c(OC)c1)N1CC(C)(C)C1(C)C. The van der Waals surface area contributed by atoms with Crippen LogP contribution in [-0.4, -0.2) is 48.8 Å². The van der Waals surface area contributed by atoms with E-state index in [0.717, 1.165) is 24.6 Å². The predicted molar refractivity (Wildman–Crippen MR) is 101 cm³/mol. The number of nitrogens with one attached hydrogen (secondary N) is 1. The molecule has 1 aromatic carbocycles. The summed E-state index contributed by atoms with van der Waals surface area (Å²) in [6.07, 6.45) is 0.